The van der Waals surface area contributed by atoms with Crippen LogP contribution in [0, 0.1) is 0 Å². The fourth-order valence-electron chi connectivity index (χ4n) is 1.77. The van der Waals surface area contributed by atoms with E-state index in [-0.39, 0.29) is 6.04 Å². The fourth-order valence-corrected chi connectivity index (χ4v) is 2.50. The maximum atomic E-state index is 6.14. The summed E-state index contributed by atoms with van der Waals surface area (Å²) in [6.45, 7) is 11.1. The van der Waals surface area contributed by atoms with E-state index in [1.54, 1.807) is 7.11 Å². The molecule has 0 aliphatic carbocycles. The van der Waals surface area contributed by atoms with Crippen LogP contribution in [0.1, 0.15) is 20.8 Å². The highest BCUT2D eigenvalue weighted by Crippen LogP contribution is 2.34. The Morgan fingerprint density at radius 2 is 2.10 bits per heavy atom. The molecule has 1 aromatic rings. The first-order valence-electron chi connectivity index (χ1n) is 6.81. The van der Waals surface area contributed by atoms with E-state index in [2.05, 4.69) is 39.3 Å². The quantitative estimate of drug-likeness (QED) is 0.514. The molecule has 0 radical (unpaired) electrons. The second kappa shape index (κ2) is 10.9. The van der Waals surface area contributed by atoms with E-state index in [9.17, 15) is 0 Å². The summed E-state index contributed by atoms with van der Waals surface area (Å²) in [7, 11) is 3.21. The van der Waals surface area contributed by atoms with Crippen LogP contribution in [0.15, 0.2) is 23.3 Å². The molecule has 1 atom stereocenters. The van der Waals surface area contributed by atoms with E-state index in [1.165, 1.54) is 7.11 Å². The Morgan fingerprint density at radius 3 is 2.57 bits per heavy atom. The number of hydrogen-bond donors (Lipinski definition) is 0. The molecule has 1 rings (SSSR count). The number of rotatable bonds is 7. The summed E-state index contributed by atoms with van der Waals surface area (Å²) >= 11 is 9.58. The first-order valence-corrected chi connectivity index (χ1v) is 7.98. The van der Waals surface area contributed by atoms with E-state index in [0.29, 0.717) is 28.7 Å². The van der Waals surface area contributed by atoms with Gasteiger partial charge in [0.25, 0.3) is 0 Å². The number of halogens is 2. The van der Waals surface area contributed by atoms with E-state index >= 15 is 0 Å². The molecule has 0 bridgehead atoms. The van der Waals surface area contributed by atoms with Crippen molar-refractivity contribution >= 4 is 33.2 Å². The predicted octanol–water partition coefficient (Wildman–Crippen LogP) is 4.56. The molecule has 1 heterocycles. The summed E-state index contributed by atoms with van der Waals surface area (Å²) in [5.41, 5.74) is 0.884. The highest BCUT2D eigenvalue weighted by molar-refractivity contribution is 9.10. The van der Waals surface area contributed by atoms with E-state index in [0.717, 1.165) is 5.69 Å². The third-order valence-electron chi connectivity index (χ3n) is 2.65. The molecule has 0 aromatic carbocycles. The van der Waals surface area contributed by atoms with Gasteiger partial charge in [0.05, 0.1) is 19.4 Å². The summed E-state index contributed by atoms with van der Waals surface area (Å²) in [5, 5.41) is 0.472. The van der Waals surface area contributed by atoms with Crippen LogP contribution in [0.4, 0.5) is 5.69 Å². The monoisotopic (exact) mass is 378 g/mol. The highest BCUT2D eigenvalue weighted by Gasteiger charge is 2.19. The van der Waals surface area contributed by atoms with Gasteiger partial charge in [-0.3, -0.25) is 0 Å². The van der Waals surface area contributed by atoms with Gasteiger partial charge in [-0.25, -0.2) is 4.98 Å². The van der Waals surface area contributed by atoms with Crippen LogP contribution in [0.2, 0.25) is 5.02 Å². The third-order valence-corrected chi connectivity index (χ3v) is 3.50. The summed E-state index contributed by atoms with van der Waals surface area (Å²) in [6, 6.07) is 2.00. The number of methoxy groups -OCH3 is 2. The van der Waals surface area contributed by atoms with Gasteiger partial charge in [0.1, 0.15) is 9.63 Å². The maximum Gasteiger partial charge on any atom is 0.233 e. The topological polar surface area (TPSA) is 34.6 Å². The normalized spacial score (nSPS) is 11.2. The minimum Gasteiger partial charge on any atom is -0.480 e. The van der Waals surface area contributed by atoms with E-state index < -0.39 is 0 Å². The predicted molar refractivity (Wildman–Crippen MR) is 93.7 cm³/mol. The average Bonchev–Trinajstić information content (AvgIpc) is 2.49. The minimum absolute atomic E-state index is 0.172. The zero-order valence-corrected chi connectivity index (χ0v) is 15.7. The highest BCUT2D eigenvalue weighted by atomic mass is 79.9. The van der Waals surface area contributed by atoms with Crippen molar-refractivity contribution in [1.29, 1.82) is 0 Å². The number of nitrogens with zero attached hydrogens (tertiary/aromatic N) is 2. The van der Waals surface area contributed by atoms with Crippen molar-refractivity contribution in [2.45, 2.75) is 26.8 Å². The summed E-state index contributed by atoms with van der Waals surface area (Å²) in [5.74, 6) is 0.398. The molecule has 1 aromatic heterocycles. The van der Waals surface area contributed by atoms with Crippen LogP contribution >= 0.6 is 27.5 Å². The SMILES string of the molecule is C=CCN(c1cc(Cl)c(OC)nc1Br)C(C)COC.CC. The number of ether oxygens (including phenoxy) is 2. The van der Waals surface area contributed by atoms with Gasteiger partial charge in [-0.05, 0) is 28.9 Å². The lowest BCUT2D eigenvalue weighted by molar-refractivity contribution is 0.182. The Morgan fingerprint density at radius 1 is 1.48 bits per heavy atom. The Bertz CT molecular complexity index is 444. The summed E-state index contributed by atoms with van der Waals surface area (Å²) < 4.78 is 11.0. The molecule has 21 heavy (non-hydrogen) atoms. The van der Waals surface area contributed by atoms with Crippen LogP contribution in [0.3, 0.4) is 0 Å². The van der Waals surface area contributed by atoms with Gasteiger partial charge in [-0.2, -0.15) is 0 Å². The molecule has 0 aliphatic rings. The van der Waals surface area contributed by atoms with Crippen molar-refractivity contribution in [3.05, 3.63) is 28.3 Å². The maximum absolute atomic E-state index is 6.14. The van der Waals surface area contributed by atoms with Crippen molar-refractivity contribution in [2.24, 2.45) is 0 Å². The average molecular weight is 380 g/mol. The number of aromatic nitrogens is 1. The Kier molecular flexibility index (Phi) is 10.5. The molecular formula is C15H24BrClN2O2. The minimum atomic E-state index is 0.172. The van der Waals surface area contributed by atoms with Crippen LogP contribution in [0.25, 0.3) is 0 Å². The molecular weight excluding hydrogens is 356 g/mol. The van der Waals surface area contributed by atoms with E-state index in [4.69, 9.17) is 21.1 Å². The van der Waals surface area contributed by atoms with Crippen LogP contribution in [-0.4, -0.2) is 38.4 Å². The first-order chi connectivity index (χ1) is 10.0. The van der Waals surface area contributed by atoms with Gasteiger partial charge in [0.2, 0.25) is 5.88 Å². The van der Waals surface area contributed by atoms with Gasteiger partial charge in [0.15, 0.2) is 0 Å². The fraction of sp³-hybridized carbons (Fsp3) is 0.533. The van der Waals surface area contributed by atoms with Gasteiger partial charge in [-0.15, -0.1) is 6.58 Å². The van der Waals surface area contributed by atoms with Crippen LogP contribution in [-0.2, 0) is 4.74 Å². The van der Waals surface area contributed by atoms with Crippen molar-refractivity contribution in [2.75, 3.05) is 32.3 Å². The van der Waals surface area contributed by atoms with Crippen molar-refractivity contribution in [1.82, 2.24) is 4.98 Å². The Balaban J connectivity index is 0.00000191. The smallest absolute Gasteiger partial charge is 0.233 e. The van der Waals surface area contributed by atoms with E-state index in [1.807, 2.05) is 26.0 Å². The van der Waals surface area contributed by atoms with Gasteiger partial charge >= 0.3 is 0 Å². The molecule has 0 spiro atoms. The van der Waals surface area contributed by atoms with Crippen molar-refractivity contribution in [3.63, 3.8) is 0 Å². The molecule has 0 saturated carbocycles. The number of pyridine rings is 1. The summed E-state index contributed by atoms with van der Waals surface area (Å²) in [6.07, 6.45) is 1.83. The van der Waals surface area contributed by atoms with Crippen LogP contribution < -0.4 is 9.64 Å². The molecule has 0 amide bonds. The second-order valence-corrected chi connectivity index (χ2v) is 5.19. The van der Waals surface area contributed by atoms with Gasteiger partial charge in [0, 0.05) is 19.7 Å². The number of anilines is 1. The van der Waals surface area contributed by atoms with Crippen molar-refractivity contribution in [3.8, 4) is 5.88 Å². The second-order valence-electron chi connectivity index (χ2n) is 4.03. The Hall–Kier alpha value is -0.780. The Labute approximate surface area is 141 Å². The molecule has 6 heteroatoms. The molecule has 0 saturated heterocycles. The molecule has 120 valence electrons. The lowest BCUT2D eigenvalue weighted by Crippen LogP contribution is -2.36. The van der Waals surface area contributed by atoms with Gasteiger partial charge in [-0.1, -0.05) is 31.5 Å². The van der Waals surface area contributed by atoms with Crippen LogP contribution in [0.5, 0.6) is 5.88 Å². The third kappa shape index (κ3) is 5.85. The standard InChI is InChI=1S/C13H18BrClN2O2.C2H6/c1-5-6-17(9(2)8-18-3)11-7-10(15)13(19-4)16-12(11)14;1-2/h5,7,9H,1,6,8H2,2-4H3;1-2H3. The molecule has 0 fully saturated rings. The molecule has 0 aliphatic heterocycles. The molecule has 4 nitrogen and oxygen atoms in total. The zero-order chi connectivity index (χ0) is 16.4. The lowest BCUT2D eigenvalue weighted by atomic mass is 10.2. The lowest BCUT2D eigenvalue weighted by Gasteiger charge is -2.30. The number of hydrogen-bond acceptors (Lipinski definition) is 4. The molecule has 0 N–H and O–H groups in total. The van der Waals surface area contributed by atoms with Crippen molar-refractivity contribution < 1.29 is 9.47 Å². The largest absolute Gasteiger partial charge is 0.480 e. The first kappa shape index (κ1) is 20.2. The molecule has 1 unspecified atom stereocenters. The summed E-state index contributed by atoms with van der Waals surface area (Å²) in [4.78, 5) is 6.39. The zero-order valence-electron chi connectivity index (χ0n) is 13.3. The van der Waals surface area contributed by atoms with Gasteiger partial charge < -0.3 is 14.4 Å².